The van der Waals surface area contributed by atoms with Crippen LogP contribution in [-0.4, -0.2) is 43.5 Å². The third-order valence-electron chi connectivity index (χ3n) is 5.21. The first kappa shape index (κ1) is 23.4. The topological polar surface area (TPSA) is 93.7 Å². The van der Waals surface area contributed by atoms with Crippen molar-refractivity contribution in [1.29, 1.82) is 0 Å². The maximum absolute atomic E-state index is 13.0. The molecule has 2 amide bonds. The van der Waals surface area contributed by atoms with Crippen LogP contribution < -0.4 is 10.6 Å². The summed E-state index contributed by atoms with van der Waals surface area (Å²) in [4.78, 5) is 38.7. The number of para-hydroxylation sites is 1. The van der Waals surface area contributed by atoms with Gasteiger partial charge in [-0.3, -0.25) is 14.4 Å². The lowest BCUT2D eigenvalue weighted by Crippen LogP contribution is -2.45. The summed E-state index contributed by atoms with van der Waals surface area (Å²) in [5.74, 6) is -1.91. The van der Waals surface area contributed by atoms with Crippen LogP contribution in [0.4, 0.5) is 5.69 Å². The minimum Gasteiger partial charge on any atom is -0.375 e. The molecule has 0 saturated heterocycles. The van der Waals surface area contributed by atoms with Gasteiger partial charge in [0, 0.05) is 11.3 Å². The molecule has 2 N–H and O–H groups in total. The number of hydrogen-bond donors (Lipinski definition) is 2. The molecule has 2 aromatic carbocycles. The van der Waals surface area contributed by atoms with E-state index in [1.165, 1.54) is 0 Å². The lowest BCUT2D eigenvalue weighted by Gasteiger charge is -2.18. The molecule has 1 aliphatic heterocycles. The molecule has 32 heavy (non-hydrogen) atoms. The summed E-state index contributed by atoms with van der Waals surface area (Å²) >= 11 is 0. The first-order chi connectivity index (χ1) is 15.5. The number of nitrogens with one attached hydrogen (secondary N) is 2. The van der Waals surface area contributed by atoms with E-state index in [4.69, 9.17) is 9.47 Å². The average molecular weight is 437 g/mol. The molecular formula is C25H28N2O5. The van der Waals surface area contributed by atoms with E-state index in [1.807, 2.05) is 38.1 Å². The predicted molar refractivity (Wildman–Crippen MR) is 121 cm³/mol. The van der Waals surface area contributed by atoms with Crippen molar-refractivity contribution in [3.63, 3.8) is 0 Å². The quantitative estimate of drug-likeness (QED) is 0.570. The Balaban J connectivity index is 1.82. The Hall–Kier alpha value is -3.29. The van der Waals surface area contributed by atoms with Gasteiger partial charge >= 0.3 is 0 Å². The van der Waals surface area contributed by atoms with Crippen molar-refractivity contribution in [2.45, 2.75) is 32.9 Å². The number of hydrogen-bond acceptors (Lipinski definition) is 5. The van der Waals surface area contributed by atoms with E-state index in [9.17, 15) is 14.4 Å². The molecule has 0 unspecified atom stereocenters. The average Bonchev–Trinajstić information content (AvgIpc) is 2.78. The Labute approximate surface area is 187 Å². The Morgan fingerprint density at radius 2 is 1.69 bits per heavy atom. The maximum Gasteiger partial charge on any atom is 0.294 e. The number of amides is 2. The Morgan fingerprint density at radius 1 is 0.969 bits per heavy atom. The third-order valence-corrected chi connectivity index (χ3v) is 5.21. The molecule has 0 aliphatic carbocycles. The molecule has 7 nitrogen and oxygen atoms in total. The summed E-state index contributed by atoms with van der Waals surface area (Å²) in [7, 11) is 0. The molecule has 1 atom stereocenters. The van der Waals surface area contributed by atoms with Gasteiger partial charge in [-0.1, -0.05) is 48.6 Å². The van der Waals surface area contributed by atoms with Crippen molar-refractivity contribution in [2.75, 3.05) is 25.1 Å². The van der Waals surface area contributed by atoms with Gasteiger partial charge in [-0.05, 0) is 43.0 Å². The molecule has 3 rings (SSSR count). The van der Waals surface area contributed by atoms with Crippen molar-refractivity contribution in [3.8, 4) is 0 Å². The van der Waals surface area contributed by atoms with Gasteiger partial charge in [0.1, 0.15) is 6.04 Å². The molecular weight excluding hydrogens is 408 g/mol. The summed E-state index contributed by atoms with van der Waals surface area (Å²) in [6.07, 6.45) is 3.66. The number of rotatable bonds is 3. The van der Waals surface area contributed by atoms with Crippen LogP contribution in [-0.2, 0) is 25.7 Å². The van der Waals surface area contributed by atoms with E-state index in [0.29, 0.717) is 36.6 Å². The second-order valence-corrected chi connectivity index (χ2v) is 7.60. The molecule has 0 aromatic heterocycles. The summed E-state index contributed by atoms with van der Waals surface area (Å²) in [5, 5.41) is 5.43. The standard InChI is InChI=1S/C25H28N2O5/c1-17-8-7-9-18(2)22(17)27-25(30)23(28)21-12-5-6-13-31-14-15-32-16-19-10-3-4-11-20(19)24(29)26-21/h3-11,21H,12-16H2,1-2H3,(H,26,29)(H,27,30)/b6-5-/t21-/m0/s1. The third kappa shape index (κ3) is 6.12. The van der Waals surface area contributed by atoms with Crippen molar-refractivity contribution < 1.29 is 23.9 Å². The molecule has 1 aliphatic rings. The lowest BCUT2D eigenvalue weighted by atomic mass is 10.0. The van der Waals surface area contributed by atoms with Crippen LogP contribution in [0, 0.1) is 13.8 Å². The second-order valence-electron chi connectivity index (χ2n) is 7.60. The molecule has 0 radical (unpaired) electrons. The lowest BCUT2D eigenvalue weighted by molar-refractivity contribution is -0.135. The van der Waals surface area contributed by atoms with Gasteiger partial charge < -0.3 is 20.1 Å². The van der Waals surface area contributed by atoms with E-state index < -0.39 is 23.6 Å². The Morgan fingerprint density at radius 3 is 2.47 bits per heavy atom. The van der Waals surface area contributed by atoms with Crippen LogP contribution in [0.1, 0.15) is 33.5 Å². The monoisotopic (exact) mass is 436 g/mol. The summed E-state index contributed by atoms with van der Waals surface area (Å²) < 4.78 is 11.1. The summed E-state index contributed by atoms with van der Waals surface area (Å²) in [6.45, 7) is 5.14. The molecule has 7 heteroatoms. The number of benzene rings is 2. The van der Waals surface area contributed by atoms with Gasteiger partial charge in [0.2, 0.25) is 5.78 Å². The van der Waals surface area contributed by atoms with Gasteiger partial charge in [-0.2, -0.15) is 0 Å². The van der Waals surface area contributed by atoms with Gasteiger partial charge in [0.25, 0.3) is 11.8 Å². The number of Topliss-reactive ketones (excluding diaryl/α,β-unsaturated/α-hetero) is 1. The summed E-state index contributed by atoms with van der Waals surface area (Å²) in [5.41, 5.74) is 3.41. The summed E-state index contributed by atoms with van der Waals surface area (Å²) in [6, 6.07) is 11.6. The minimum absolute atomic E-state index is 0.173. The highest BCUT2D eigenvalue weighted by molar-refractivity contribution is 6.42. The predicted octanol–water partition coefficient (Wildman–Crippen LogP) is 3.10. The Kier molecular flexibility index (Phi) is 8.30. The van der Waals surface area contributed by atoms with Crippen LogP contribution in [0.15, 0.2) is 54.6 Å². The molecule has 2 aromatic rings. The normalized spacial score (nSPS) is 18.6. The van der Waals surface area contributed by atoms with E-state index in [1.54, 1.807) is 30.4 Å². The maximum atomic E-state index is 13.0. The number of anilines is 1. The zero-order valence-corrected chi connectivity index (χ0v) is 18.4. The number of fused-ring (bicyclic) bond motifs is 1. The molecule has 0 saturated carbocycles. The number of ketones is 1. The first-order valence-corrected chi connectivity index (χ1v) is 10.6. The molecule has 0 spiro atoms. The zero-order chi connectivity index (χ0) is 22.9. The zero-order valence-electron chi connectivity index (χ0n) is 18.4. The van der Waals surface area contributed by atoms with Gasteiger partial charge in [-0.15, -0.1) is 0 Å². The van der Waals surface area contributed by atoms with Crippen LogP contribution in [0.3, 0.4) is 0 Å². The highest BCUT2D eigenvalue weighted by Gasteiger charge is 2.27. The number of carbonyl (C=O) groups excluding carboxylic acids is 3. The highest BCUT2D eigenvalue weighted by Crippen LogP contribution is 2.19. The number of carbonyl (C=O) groups is 3. The van der Waals surface area contributed by atoms with Crippen LogP contribution in [0.5, 0.6) is 0 Å². The van der Waals surface area contributed by atoms with E-state index >= 15 is 0 Å². The first-order valence-electron chi connectivity index (χ1n) is 10.6. The van der Waals surface area contributed by atoms with E-state index in [0.717, 1.165) is 11.1 Å². The van der Waals surface area contributed by atoms with Crippen molar-refractivity contribution in [2.24, 2.45) is 0 Å². The van der Waals surface area contributed by atoms with Crippen LogP contribution in [0.2, 0.25) is 0 Å². The SMILES string of the molecule is Cc1cccc(C)c1NC(=O)C(=O)[C@@H]1C/C=C\COCCOCc2ccccc2C(=O)N1. The number of aryl methyl sites for hydroxylation is 2. The van der Waals surface area contributed by atoms with Crippen LogP contribution in [0.25, 0.3) is 0 Å². The molecule has 1 heterocycles. The van der Waals surface area contributed by atoms with Gasteiger partial charge in [0.15, 0.2) is 0 Å². The fourth-order valence-corrected chi connectivity index (χ4v) is 3.43. The van der Waals surface area contributed by atoms with E-state index in [-0.39, 0.29) is 13.0 Å². The Bertz CT molecular complexity index is 995. The minimum atomic E-state index is -1.01. The fraction of sp³-hybridized carbons (Fsp3) is 0.320. The van der Waals surface area contributed by atoms with E-state index in [2.05, 4.69) is 10.6 Å². The smallest absolute Gasteiger partial charge is 0.294 e. The largest absolute Gasteiger partial charge is 0.375 e. The second kappa shape index (κ2) is 11.4. The molecule has 0 bridgehead atoms. The molecule has 168 valence electrons. The van der Waals surface area contributed by atoms with Crippen LogP contribution >= 0.6 is 0 Å². The van der Waals surface area contributed by atoms with Crippen molar-refractivity contribution in [3.05, 3.63) is 76.9 Å². The van der Waals surface area contributed by atoms with Crippen molar-refractivity contribution in [1.82, 2.24) is 5.32 Å². The highest BCUT2D eigenvalue weighted by atomic mass is 16.5. The van der Waals surface area contributed by atoms with Gasteiger partial charge in [0.05, 0.1) is 26.4 Å². The van der Waals surface area contributed by atoms with Gasteiger partial charge in [-0.25, -0.2) is 0 Å². The fourth-order valence-electron chi connectivity index (χ4n) is 3.43. The number of ether oxygens (including phenoxy) is 2. The molecule has 0 fully saturated rings. The van der Waals surface area contributed by atoms with Crippen molar-refractivity contribution >= 4 is 23.3 Å².